The Bertz CT molecular complexity index is 1130. The van der Waals surface area contributed by atoms with E-state index in [1.165, 1.54) is 19.2 Å². The van der Waals surface area contributed by atoms with Crippen LogP contribution in [0.4, 0.5) is 18.3 Å². The molecule has 1 atom stereocenters. The SMILES string of the molecule is CC(=O)N[C@@H](CC(C)C)C(=O)Nc1nc(-c2cccnc2)c(-c2ccnc(C(F)(F)F)c2)s1. The summed E-state index contributed by atoms with van der Waals surface area (Å²) in [4.78, 5) is 36.7. The standard InChI is InChI=1S/C22H22F3N5O2S/c1-12(2)9-16(28-13(3)31)20(32)30-21-29-18(15-5-4-7-26-11-15)19(33-21)14-6-8-27-17(10-14)22(23,24)25/h4-8,10-12,16H,9H2,1-3H3,(H,28,31)(H,29,30,32)/t16-/m0/s1. The molecule has 3 aromatic rings. The fraction of sp³-hybridized carbons (Fsp3) is 0.318. The monoisotopic (exact) mass is 477 g/mol. The smallest absolute Gasteiger partial charge is 0.345 e. The predicted molar refractivity (Wildman–Crippen MR) is 119 cm³/mol. The van der Waals surface area contributed by atoms with Crippen LogP contribution in [0.1, 0.15) is 32.9 Å². The molecule has 0 aliphatic rings. The quantitative estimate of drug-likeness (QED) is 0.511. The van der Waals surface area contributed by atoms with Gasteiger partial charge in [0.15, 0.2) is 5.13 Å². The first-order valence-electron chi connectivity index (χ1n) is 10.1. The van der Waals surface area contributed by atoms with E-state index in [-0.39, 0.29) is 22.5 Å². The summed E-state index contributed by atoms with van der Waals surface area (Å²) in [5.41, 5.74) is 0.186. The average molecular weight is 478 g/mol. The molecule has 2 N–H and O–H groups in total. The second-order valence-electron chi connectivity index (χ2n) is 7.74. The summed E-state index contributed by atoms with van der Waals surface area (Å²) in [6.45, 7) is 5.17. The predicted octanol–water partition coefficient (Wildman–Crippen LogP) is 4.78. The molecule has 33 heavy (non-hydrogen) atoms. The Morgan fingerprint density at radius 3 is 2.52 bits per heavy atom. The third kappa shape index (κ3) is 6.35. The lowest BCUT2D eigenvalue weighted by atomic mass is 10.0. The van der Waals surface area contributed by atoms with Crippen LogP contribution in [0.2, 0.25) is 0 Å². The Balaban J connectivity index is 2.01. The van der Waals surface area contributed by atoms with E-state index in [1.807, 2.05) is 13.8 Å². The zero-order valence-corrected chi connectivity index (χ0v) is 18.9. The van der Waals surface area contributed by atoms with Crippen molar-refractivity contribution in [2.24, 2.45) is 5.92 Å². The lowest BCUT2D eigenvalue weighted by Crippen LogP contribution is -2.43. The number of amides is 2. The molecule has 0 fully saturated rings. The maximum absolute atomic E-state index is 13.2. The number of hydrogen-bond donors (Lipinski definition) is 2. The number of rotatable bonds is 7. The fourth-order valence-electron chi connectivity index (χ4n) is 3.14. The molecule has 0 saturated carbocycles. The Hall–Kier alpha value is -3.34. The van der Waals surface area contributed by atoms with Gasteiger partial charge >= 0.3 is 6.18 Å². The van der Waals surface area contributed by atoms with Crippen LogP contribution < -0.4 is 10.6 Å². The van der Waals surface area contributed by atoms with Crippen molar-refractivity contribution in [3.8, 4) is 21.7 Å². The number of anilines is 1. The highest BCUT2D eigenvalue weighted by Gasteiger charge is 2.33. The van der Waals surface area contributed by atoms with Crippen molar-refractivity contribution in [3.05, 3.63) is 48.5 Å². The number of alkyl halides is 3. The molecule has 3 aromatic heterocycles. The molecule has 2 amide bonds. The van der Waals surface area contributed by atoms with Gasteiger partial charge in [-0.1, -0.05) is 25.2 Å². The zero-order chi connectivity index (χ0) is 24.2. The molecule has 0 aliphatic carbocycles. The van der Waals surface area contributed by atoms with Gasteiger partial charge in [-0.3, -0.25) is 19.6 Å². The van der Waals surface area contributed by atoms with Crippen molar-refractivity contribution >= 4 is 28.3 Å². The molecule has 11 heteroatoms. The van der Waals surface area contributed by atoms with E-state index in [4.69, 9.17) is 0 Å². The Kier molecular flexibility index (Phi) is 7.42. The van der Waals surface area contributed by atoms with Gasteiger partial charge in [0, 0.05) is 31.1 Å². The molecule has 0 spiro atoms. The number of nitrogens with zero attached hydrogens (tertiary/aromatic N) is 3. The highest BCUT2D eigenvalue weighted by atomic mass is 32.1. The lowest BCUT2D eigenvalue weighted by molar-refractivity contribution is -0.141. The van der Waals surface area contributed by atoms with Crippen LogP contribution in [-0.4, -0.2) is 32.8 Å². The molecule has 0 saturated heterocycles. The van der Waals surface area contributed by atoms with Gasteiger partial charge in [-0.15, -0.1) is 0 Å². The Labute approximate surface area is 192 Å². The summed E-state index contributed by atoms with van der Waals surface area (Å²) < 4.78 is 39.6. The number of hydrogen-bond acceptors (Lipinski definition) is 6. The van der Waals surface area contributed by atoms with Crippen LogP contribution in [0.5, 0.6) is 0 Å². The number of aromatic nitrogens is 3. The molecule has 174 valence electrons. The normalized spacial score (nSPS) is 12.5. The first-order chi connectivity index (χ1) is 15.5. The molecule has 0 radical (unpaired) electrons. The number of carbonyl (C=O) groups is 2. The molecule has 7 nitrogen and oxygen atoms in total. The van der Waals surface area contributed by atoms with Crippen LogP contribution >= 0.6 is 11.3 Å². The number of thiazole rings is 1. The third-order valence-electron chi connectivity index (χ3n) is 4.51. The van der Waals surface area contributed by atoms with Crippen molar-refractivity contribution in [1.29, 1.82) is 0 Å². The molecule has 0 unspecified atom stereocenters. The summed E-state index contributed by atoms with van der Waals surface area (Å²) >= 11 is 1.03. The van der Waals surface area contributed by atoms with Crippen LogP contribution in [0, 0.1) is 5.92 Å². The number of halogens is 3. The van der Waals surface area contributed by atoms with E-state index in [2.05, 4.69) is 25.6 Å². The fourth-order valence-corrected chi connectivity index (χ4v) is 4.12. The van der Waals surface area contributed by atoms with Crippen LogP contribution in [0.3, 0.4) is 0 Å². The van der Waals surface area contributed by atoms with E-state index >= 15 is 0 Å². The van der Waals surface area contributed by atoms with Gasteiger partial charge in [0.05, 0.1) is 10.6 Å². The third-order valence-corrected chi connectivity index (χ3v) is 5.53. The molecule has 0 bridgehead atoms. The topological polar surface area (TPSA) is 96.9 Å². The number of pyridine rings is 2. The highest BCUT2D eigenvalue weighted by Crippen LogP contribution is 2.40. The van der Waals surface area contributed by atoms with Crippen LogP contribution in [-0.2, 0) is 15.8 Å². The van der Waals surface area contributed by atoms with E-state index in [9.17, 15) is 22.8 Å². The Morgan fingerprint density at radius 1 is 1.15 bits per heavy atom. The maximum Gasteiger partial charge on any atom is 0.433 e. The minimum absolute atomic E-state index is 0.142. The summed E-state index contributed by atoms with van der Waals surface area (Å²) in [5.74, 6) is -0.659. The van der Waals surface area contributed by atoms with Gasteiger partial charge in [-0.25, -0.2) is 4.98 Å². The minimum atomic E-state index is -4.60. The van der Waals surface area contributed by atoms with Gasteiger partial charge in [-0.05, 0) is 42.2 Å². The van der Waals surface area contributed by atoms with Crippen molar-refractivity contribution in [3.63, 3.8) is 0 Å². The van der Waals surface area contributed by atoms with Gasteiger partial charge in [0.1, 0.15) is 11.7 Å². The average Bonchev–Trinajstić information content (AvgIpc) is 3.16. The van der Waals surface area contributed by atoms with E-state index < -0.39 is 23.8 Å². The summed E-state index contributed by atoms with van der Waals surface area (Å²) in [7, 11) is 0. The van der Waals surface area contributed by atoms with E-state index in [0.29, 0.717) is 22.6 Å². The molecule has 3 rings (SSSR count). The molecule has 3 heterocycles. The largest absolute Gasteiger partial charge is 0.433 e. The first-order valence-corrected chi connectivity index (χ1v) is 10.9. The van der Waals surface area contributed by atoms with Crippen molar-refractivity contribution in [2.75, 3.05) is 5.32 Å². The second-order valence-corrected chi connectivity index (χ2v) is 8.74. The lowest BCUT2D eigenvalue weighted by Gasteiger charge is -2.18. The highest BCUT2D eigenvalue weighted by molar-refractivity contribution is 7.19. The van der Waals surface area contributed by atoms with Crippen LogP contribution in [0.25, 0.3) is 21.7 Å². The van der Waals surface area contributed by atoms with Gasteiger partial charge in [-0.2, -0.15) is 13.2 Å². The van der Waals surface area contributed by atoms with E-state index in [1.54, 1.807) is 18.3 Å². The zero-order valence-electron chi connectivity index (χ0n) is 18.1. The maximum atomic E-state index is 13.2. The van der Waals surface area contributed by atoms with Gasteiger partial charge < -0.3 is 10.6 Å². The number of carbonyl (C=O) groups excluding carboxylic acids is 2. The number of nitrogens with one attached hydrogen (secondary N) is 2. The van der Waals surface area contributed by atoms with Crippen molar-refractivity contribution < 1.29 is 22.8 Å². The first kappa shape index (κ1) is 24.3. The molecule has 0 aliphatic heterocycles. The molecular formula is C22H22F3N5O2S. The van der Waals surface area contributed by atoms with Crippen LogP contribution in [0.15, 0.2) is 42.9 Å². The van der Waals surface area contributed by atoms with E-state index in [0.717, 1.165) is 23.6 Å². The summed E-state index contributed by atoms with van der Waals surface area (Å²) in [6, 6.07) is 5.03. The summed E-state index contributed by atoms with van der Waals surface area (Å²) in [6.07, 6.45) is -0.00308. The second kappa shape index (κ2) is 10.1. The van der Waals surface area contributed by atoms with Gasteiger partial charge in [0.25, 0.3) is 0 Å². The van der Waals surface area contributed by atoms with Crippen molar-refractivity contribution in [1.82, 2.24) is 20.3 Å². The van der Waals surface area contributed by atoms with Crippen molar-refractivity contribution in [2.45, 2.75) is 39.4 Å². The molecule has 0 aromatic carbocycles. The minimum Gasteiger partial charge on any atom is -0.345 e. The Morgan fingerprint density at radius 2 is 1.91 bits per heavy atom. The van der Waals surface area contributed by atoms with Gasteiger partial charge in [0.2, 0.25) is 11.8 Å². The summed E-state index contributed by atoms with van der Waals surface area (Å²) in [5, 5.41) is 5.51. The molecular weight excluding hydrogens is 455 g/mol.